The Bertz CT molecular complexity index is 356. The van der Waals surface area contributed by atoms with Crippen LogP contribution < -0.4 is 10.9 Å². The van der Waals surface area contributed by atoms with Gasteiger partial charge in [-0.15, -0.1) is 0 Å². The van der Waals surface area contributed by atoms with E-state index in [9.17, 15) is 4.79 Å². The standard InChI is InChI=1S/C10H15N3O/c1-7(8-2-3-8)5-11-9-4-10(14)13-12-6-9/h4,6-8H,2-3,5H2,1H3,(H2,11,13,14). The van der Waals surface area contributed by atoms with Gasteiger partial charge in [-0.1, -0.05) is 6.92 Å². The first-order valence-corrected chi connectivity index (χ1v) is 5.04. The van der Waals surface area contributed by atoms with Gasteiger partial charge in [-0.25, -0.2) is 5.10 Å². The van der Waals surface area contributed by atoms with Crippen LogP contribution in [0.25, 0.3) is 0 Å². The van der Waals surface area contributed by atoms with Gasteiger partial charge < -0.3 is 5.32 Å². The van der Waals surface area contributed by atoms with E-state index in [1.165, 1.54) is 18.9 Å². The SMILES string of the molecule is CC(CNc1cn[nH]c(=O)c1)C1CC1. The number of nitrogens with one attached hydrogen (secondary N) is 2. The number of hydrogen-bond acceptors (Lipinski definition) is 3. The van der Waals surface area contributed by atoms with Crippen molar-refractivity contribution in [3.8, 4) is 0 Å². The van der Waals surface area contributed by atoms with Crippen molar-refractivity contribution in [3.63, 3.8) is 0 Å². The molecule has 14 heavy (non-hydrogen) atoms. The summed E-state index contributed by atoms with van der Waals surface area (Å²) >= 11 is 0. The first-order valence-electron chi connectivity index (χ1n) is 5.04. The molecule has 0 amide bonds. The first-order chi connectivity index (χ1) is 6.75. The summed E-state index contributed by atoms with van der Waals surface area (Å²) in [5, 5.41) is 9.30. The van der Waals surface area contributed by atoms with Gasteiger partial charge in [0.05, 0.1) is 11.9 Å². The molecule has 1 atom stereocenters. The Balaban J connectivity index is 1.87. The van der Waals surface area contributed by atoms with Crippen LogP contribution in [0.5, 0.6) is 0 Å². The van der Waals surface area contributed by atoms with Crippen molar-refractivity contribution >= 4 is 5.69 Å². The van der Waals surface area contributed by atoms with Crippen LogP contribution >= 0.6 is 0 Å². The minimum atomic E-state index is -0.158. The minimum absolute atomic E-state index is 0.158. The molecule has 1 unspecified atom stereocenters. The van der Waals surface area contributed by atoms with Crippen LogP contribution in [-0.4, -0.2) is 16.7 Å². The molecular weight excluding hydrogens is 178 g/mol. The second kappa shape index (κ2) is 3.82. The molecule has 0 aromatic carbocycles. The molecule has 0 bridgehead atoms. The van der Waals surface area contributed by atoms with E-state index >= 15 is 0 Å². The molecule has 2 rings (SSSR count). The summed E-state index contributed by atoms with van der Waals surface area (Å²) in [4.78, 5) is 10.9. The Kier molecular flexibility index (Phi) is 2.52. The predicted octanol–water partition coefficient (Wildman–Crippen LogP) is 1.23. The molecule has 4 heteroatoms. The van der Waals surface area contributed by atoms with Crippen molar-refractivity contribution < 1.29 is 0 Å². The highest BCUT2D eigenvalue weighted by atomic mass is 16.1. The van der Waals surface area contributed by atoms with Crippen LogP contribution in [0.3, 0.4) is 0 Å². The third-order valence-electron chi connectivity index (χ3n) is 2.72. The molecule has 1 heterocycles. The lowest BCUT2D eigenvalue weighted by atomic mass is 10.1. The van der Waals surface area contributed by atoms with Gasteiger partial charge in [0, 0.05) is 12.6 Å². The third kappa shape index (κ3) is 2.34. The third-order valence-corrected chi connectivity index (χ3v) is 2.72. The largest absolute Gasteiger partial charge is 0.383 e. The average Bonchev–Trinajstić information content (AvgIpc) is 2.97. The molecule has 1 aromatic heterocycles. The second-order valence-corrected chi connectivity index (χ2v) is 4.03. The smallest absolute Gasteiger partial charge is 0.266 e. The number of H-pyrrole nitrogens is 1. The highest BCUT2D eigenvalue weighted by molar-refractivity contribution is 5.38. The van der Waals surface area contributed by atoms with Gasteiger partial charge in [0.15, 0.2) is 0 Å². The Morgan fingerprint density at radius 2 is 2.50 bits per heavy atom. The molecule has 0 spiro atoms. The molecule has 2 N–H and O–H groups in total. The molecule has 4 nitrogen and oxygen atoms in total. The van der Waals surface area contributed by atoms with Crippen LogP contribution in [0.1, 0.15) is 19.8 Å². The van der Waals surface area contributed by atoms with Crippen LogP contribution in [0.15, 0.2) is 17.1 Å². The zero-order valence-electron chi connectivity index (χ0n) is 8.29. The van der Waals surface area contributed by atoms with Crippen molar-refractivity contribution in [2.75, 3.05) is 11.9 Å². The van der Waals surface area contributed by atoms with E-state index in [4.69, 9.17) is 0 Å². The maximum atomic E-state index is 10.9. The molecule has 1 aliphatic carbocycles. The fourth-order valence-electron chi connectivity index (χ4n) is 1.58. The summed E-state index contributed by atoms with van der Waals surface area (Å²) in [7, 11) is 0. The van der Waals surface area contributed by atoms with Gasteiger partial charge >= 0.3 is 0 Å². The van der Waals surface area contributed by atoms with Crippen LogP contribution in [0.4, 0.5) is 5.69 Å². The lowest BCUT2D eigenvalue weighted by Gasteiger charge is -2.11. The molecule has 0 saturated heterocycles. The highest BCUT2D eigenvalue weighted by Gasteiger charge is 2.27. The number of nitrogens with zero attached hydrogens (tertiary/aromatic N) is 1. The van der Waals surface area contributed by atoms with E-state index in [1.54, 1.807) is 6.20 Å². The number of anilines is 1. The molecule has 1 aliphatic rings. The Hall–Kier alpha value is -1.32. The second-order valence-electron chi connectivity index (χ2n) is 4.03. The summed E-state index contributed by atoms with van der Waals surface area (Å²) in [6.07, 6.45) is 4.36. The average molecular weight is 193 g/mol. The van der Waals surface area contributed by atoms with Crippen LogP contribution in [-0.2, 0) is 0 Å². The molecule has 1 saturated carbocycles. The van der Waals surface area contributed by atoms with Crippen molar-refractivity contribution in [1.29, 1.82) is 0 Å². The van der Waals surface area contributed by atoms with E-state index in [0.29, 0.717) is 5.92 Å². The predicted molar refractivity (Wildman–Crippen MR) is 55.2 cm³/mol. The zero-order chi connectivity index (χ0) is 9.97. The quantitative estimate of drug-likeness (QED) is 0.756. The minimum Gasteiger partial charge on any atom is -0.383 e. The number of aromatic nitrogens is 2. The van der Waals surface area contributed by atoms with E-state index in [1.807, 2.05) is 0 Å². The number of rotatable bonds is 4. The fraction of sp³-hybridized carbons (Fsp3) is 0.600. The van der Waals surface area contributed by atoms with Gasteiger partial charge in [0.25, 0.3) is 5.56 Å². The molecular formula is C10H15N3O. The normalized spacial score (nSPS) is 17.8. The van der Waals surface area contributed by atoms with Crippen LogP contribution in [0.2, 0.25) is 0 Å². The fourth-order valence-corrected chi connectivity index (χ4v) is 1.58. The summed E-state index contributed by atoms with van der Waals surface area (Å²) in [5.74, 6) is 1.58. The van der Waals surface area contributed by atoms with Gasteiger partial charge in [-0.3, -0.25) is 4.79 Å². The van der Waals surface area contributed by atoms with Crippen molar-refractivity contribution in [2.24, 2.45) is 11.8 Å². The van der Waals surface area contributed by atoms with E-state index < -0.39 is 0 Å². The summed E-state index contributed by atoms with van der Waals surface area (Å²) < 4.78 is 0. The number of aromatic amines is 1. The van der Waals surface area contributed by atoms with Crippen molar-refractivity contribution in [1.82, 2.24) is 10.2 Å². The van der Waals surface area contributed by atoms with Crippen molar-refractivity contribution in [3.05, 3.63) is 22.6 Å². The Labute approximate surface area is 82.7 Å². The number of hydrogen-bond donors (Lipinski definition) is 2. The maximum absolute atomic E-state index is 10.9. The highest BCUT2D eigenvalue weighted by Crippen LogP contribution is 2.36. The summed E-state index contributed by atoms with van der Waals surface area (Å²) in [6.45, 7) is 3.17. The molecule has 1 aromatic rings. The van der Waals surface area contributed by atoms with E-state index in [-0.39, 0.29) is 5.56 Å². The monoisotopic (exact) mass is 193 g/mol. The van der Waals surface area contributed by atoms with E-state index in [0.717, 1.165) is 18.2 Å². The van der Waals surface area contributed by atoms with Gasteiger partial charge in [-0.2, -0.15) is 5.10 Å². The molecule has 76 valence electrons. The van der Waals surface area contributed by atoms with Gasteiger partial charge in [0.2, 0.25) is 0 Å². The topological polar surface area (TPSA) is 57.8 Å². The Morgan fingerprint density at radius 1 is 1.71 bits per heavy atom. The lowest BCUT2D eigenvalue weighted by Crippen LogP contribution is -2.15. The van der Waals surface area contributed by atoms with Gasteiger partial charge in [-0.05, 0) is 24.7 Å². The van der Waals surface area contributed by atoms with Crippen molar-refractivity contribution in [2.45, 2.75) is 19.8 Å². The molecule has 0 aliphatic heterocycles. The van der Waals surface area contributed by atoms with Gasteiger partial charge in [0.1, 0.15) is 0 Å². The summed E-state index contributed by atoms with van der Waals surface area (Å²) in [5.41, 5.74) is 0.648. The molecule has 0 radical (unpaired) electrons. The summed E-state index contributed by atoms with van der Waals surface area (Å²) in [6, 6.07) is 1.53. The van der Waals surface area contributed by atoms with Crippen LogP contribution in [0, 0.1) is 11.8 Å². The zero-order valence-corrected chi connectivity index (χ0v) is 8.29. The molecule has 1 fully saturated rings. The first kappa shape index (κ1) is 9.24. The van der Waals surface area contributed by atoms with E-state index in [2.05, 4.69) is 22.4 Å². The maximum Gasteiger partial charge on any atom is 0.266 e. The lowest BCUT2D eigenvalue weighted by molar-refractivity contribution is 0.536. The Morgan fingerprint density at radius 3 is 3.14 bits per heavy atom.